The third-order valence-corrected chi connectivity index (χ3v) is 7.31. The highest BCUT2D eigenvalue weighted by molar-refractivity contribution is 8.01. The summed E-state index contributed by atoms with van der Waals surface area (Å²) in [5.74, 6) is 0.474. The van der Waals surface area contributed by atoms with E-state index in [0.29, 0.717) is 11.3 Å². The molecule has 1 aromatic rings. The van der Waals surface area contributed by atoms with Crippen LogP contribution in [0.1, 0.15) is 44.2 Å². The molecule has 1 saturated heterocycles. The van der Waals surface area contributed by atoms with E-state index in [1.807, 2.05) is 11.8 Å². The van der Waals surface area contributed by atoms with E-state index in [2.05, 4.69) is 34.6 Å². The fourth-order valence-corrected chi connectivity index (χ4v) is 5.84. The summed E-state index contributed by atoms with van der Waals surface area (Å²) in [5.41, 5.74) is 1.12. The van der Waals surface area contributed by atoms with Crippen LogP contribution in [0.3, 0.4) is 0 Å². The Balaban J connectivity index is 1.41. The van der Waals surface area contributed by atoms with Crippen LogP contribution >= 0.6 is 23.1 Å². The Kier molecular flexibility index (Phi) is 5.99. The number of piperidine rings is 1. The molecule has 2 fully saturated rings. The molecule has 1 aromatic heterocycles. The molecule has 1 atom stereocenters. The zero-order valence-electron chi connectivity index (χ0n) is 14.1. The lowest BCUT2D eigenvalue weighted by molar-refractivity contribution is -0.127. The molecule has 0 radical (unpaired) electrons. The fourth-order valence-electron chi connectivity index (χ4n) is 3.55. The summed E-state index contributed by atoms with van der Waals surface area (Å²) in [6, 6.07) is 0.379. The molecular weight excluding hydrogens is 326 g/mol. The number of carbonyl (C=O) groups excluding carboxylic acids is 1. The predicted molar refractivity (Wildman–Crippen MR) is 97.1 cm³/mol. The quantitative estimate of drug-likeness (QED) is 0.902. The van der Waals surface area contributed by atoms with E-state index in [1.54, 1.807) is 11.3 Å². The van der Waals surface area contributed by atoms with Crippen LogP contribution in [0.15, 0.2) is 9.72 Å². The van der Waals surface area contributed by atoms with Gasteiger partial charge >= 0.3 is 0 Å². The maximum atomic E-state index is 12.4. The average Bonchev–Trinajstić information content (AvgIpc) is 2.94. The Morgan fingerprint density at radius 3 is 2.78 bits per heavy atom. The second-order valence-corrected chi connectivity index (χ2v) is 9.36. The minimum atomic E-state index is 0.194. The Bertz CT molecular complexity index is 526. The number of carbonyl (C=O) groups is 1. The lowest BCUT2D eigenvalue weighted by Crippen LogP contribution is -2.46. The minimum Gasteiger partial charge on any atom is -0.353 e. The van der Waals surface area contributed by atoms with E-state index in [1.165, 1.54) is 17.2 Å². The van der Waals surface area contributed by atoms with Crippen LogP contribution in [0.25, 0.3) is 0 Å². The largest absolute Gasteiger partial charge is 0.353 e. The Morgan fingerprint density at radius 1 is 1.35 bits per heavy atom. The molecule has 2 heterocycles. The number of thioether (sulfide) groups is 1. The maximum Gasteiger partial charge on any atom is 0.224 e. The number of amides is 1. The van der Waals surface area contributed by atoms with Crippen molar-refractivity contribution in [2.24, 2.45) is 5.92 Å². The SMILES string of the molecule is Cc1csc(SC2CCC(NC(=O)C3CCCN(C)C3)CC2)n1. The first-order valence-corrected chi connectivity index (χ1v) is 10.4. The highest BCUT2D eigenvalue weighted by atomic mass is 32.2. The van der Waals surface area contributed by atoms with Crippen LogP contribution in [-0.2, 0) is 4.79 Å². The normalized spacial score (nSPS) is 29.4. The molecule has 1 amide bonds. The van der Waals surface area contributed by atoms with Gasteiger partial charge in [-0.15, -0.1) is 11.3 Å². The van der Waals surface area contributed by atoms with E-state index in [4.69, 9.17) is 0 Å². The monoisotopic (exact) mass is 353 g/mol. The van der Waals surface area contributed by atoms with Crippen molar-refractivity contribution in [1.29, 1.82) is 0 Å². The lowest BCUT2D eigenvalue weighted by atomic mass is 9.93. The number of nitrogens with one attached hydrogen (secondary N) is 1. The molecule has 0 bridgehead atoms. The Morgan fingerprint density at radius 2 is 2.13 bits per heavy atom. The summed E-state index contributed by atoms with van der Waals surface area (Å²) >= 11 is 3.67. The molecule has 1 saturated carbocycles. The van der Waals surface area contributed by atoms with Gasteiger partial charge in [0.25, 0.3) is 0 Å². The van der Waals surface area contributed by atoms with Gasteiger partial charge in [0.15, 0.2) is 0 Å². The average molecular weight is 354 g/mol. The van der Waals surface area contributed by atoms with Crippen molar-refractivity contribution < 1.29 is 4.79 Å². The lowest BCUT2D eigenvalue weighted by Gasteiger charge is -2.32. The first kappa shape index (κ1) is 17.2. The van der Waals surface area contributed by atoms with Gasteiger partial charge in [-0.3, -0.25) is 4.79 Å². The summed E-state index contributed by atoms with van der Waals surface area (Å²) in [6.07, 6.45) is 6.76. The van der Waals surface area contributed by atoms with Gasteiger partial charge in [-0.05, 0) is 59.0 Å². The first-order chi connectivity index (χ1) is 11.1. The van der Waals surface area contributed by atoms with Gasteiger partial charge < -0.3 is 10.2 Å². The Labute approximate surface area is 147 Å². The zero-order valence-corrected chi connectivity index (χ0v) is 15.7. The molecule has 3 rings (SSSR count). The molecule has 1 unspecified atom stereocenters. The summed E-state index contributed by atoms with van der Waals surface area (Å²) in [4.78, 5) is 19.3. The van der Waals surface area contributed by atoms with Gasteiger partial charge in [0.05, 0.1) is 5.92 Å². The van der Waals surface area contributed by atoms with Crippen molar-refractivity contribution in [3.63, 3.8) is 0 Å². The summed E-state index contributed by atoms with van der Waals surface area (Å²) in [5, 5.41) is 6.09. The fraction of sp³-hybridized carbons (Fsp3) is 0.765. The van der Waals surface area contributed by atoms with Crippen LogP contribution in [0.5, 0.6) is 0 Å². The smallest absolute Gasteiger partial charge is 0.224 e. The van der Waals surface area contributed by atoms with Crippen LogP contribution < -0.4 is 5.32 Å². The summed E-state index contributed by atoms with van der Waals surface area (Å²) < 4.78 is 1.19. The van der Waals surface area contributed by atoms with Crippen molar-refractivity contribution >= 4 is 29.0 Å². The number of aromatic nitrogens is 1. The third-order valence-electron chi connectivity index (χ3n) is 4.88. The predicted octanol–water partition coefficient (Wildman–Crippen LogP) is 3.31. The second kappa shape index (κ2) is 7.99. The molecule has 0 spiro atoms. The molecule has 128 valence electrons. The van der Waals surface area contributed by atoms with E-state index >= 15 is 0 Å². The zero-order chi connectivity index (χ0) is 16.2. The standard InChI is InChI=1S/C17H27N3OS2/c1-12-11-22-17(18-12)23-15-7-5-14(6-8-15)19-16(21)13-4-3-9-20(2)10-13/h11,13-15H,3-10H2,1-2H3,(H,19,21). The van der Waals surface area contributed by atoms with Crippen LogP contribution in [-0.4, -0.2) is 47.2 Å². The summed E-state index contributed by atoms with van der Waals surface area (Å²) in [6.45, 7) is 4.10. The Hall–Kier alpha value is -0.590. The molecular formula is C17H27N3OS2. The van der Waals surface area contributed by atoms with Gasteiger partial charge in [0.2, 0.25) is 5.91 Å². The highest BCUT2D eigenvalue weighted by Crippen LogP contribution is 2.35. The van der Waals surface area contributed by atoms with Crippen molar-refractivity contribution in [2.75, 3.05) is 20.1 Å². The van der Waals surface area contributed by atoms with E-state index in [9.17, 15) is 4.79 Å². The molecule has 2 aliphatic rings. The first-order valence-electron chi connectivity index (χ1n) is 8.68. The molecule has 1 aliphatic heterocycles. The molecule has 23 heavy (non-hydrogen) atoms. The topological polar surface area (TPSA) is 45.2 Å². The van der Waals surface area contributed by atoms with Crippen molar-refractivity contribution in [3.8, 4) is 0 Å². The van der Waals surface area contributed by atoms with Crippen LogP contribution in [0.2, 0.25) is 0 Å². The van der Waals surface area contributed by atoms with Crippen LogP contribution in [0.4, 0.5) is 0 Å². The number of thiazole rings is 1. The van der Waals surface area contributed by atoms with Gasteiger partial charge in [-0.2, -0.15) is 0 Å². The number of rotatable bonds is 4. The minimum absolute atomic E-state index is 0.194. The van der Waals surface area contributed by atoms with E-state index in [-0.39, 0.29) is 11.8 Å². The van der Waals surface area contributed by atoms with E-state index < -0.39 is 0 Å². The molecule has 1 aliphatic carbocycles. The number of nitrogens with zero attached hydrogens (tertiary/aromatic N) is 2. The number of aryl methyl sites for hydroxylation is 1. The molecule has 4 nitrogen and oxygen atoms in total. The maximum absolute atomic E-state index is 12.4. The van der Waals surface area contributed by atoms with E-state index in [0.717, 1.165) is 44.5 Å². The highest BCUT2D eigenvalue weighted by Gasteiger charge is 2.28. The summed E-state index contributed by atoms with van der Waals surface area (Å²) in [7, 11) is 2.11. The van der Waals surface area contributed by atoms with Gasteiger partial charge in [0, 0.05) is 28.9 Å². The number of hydrogen-bond acceptors (Lipinski definition) is 5. The van der Waals surface area contributed by atoms with Gasteiger partial charge in [-0.25, -0.2) is 4.98 Å². The molecule has 0 aromatic carbocycles. The second-order valence-electron chi connectivity index (χ2n) is 6.96. The van der Waals surface area contributed by atoms with Crippen LogP contribution in [0, 0.1) is 12.8 Å². The molecule has 1 N–H and O–H groups in total. The van der Waals surface area contributed by atoms with Gasteiger partial charge in [0.1, 0.15) is 4.34 Å². The number of likely N-dealkylation sites (tertiary alicyclic amines) is 1. The van der Waals surface area contributed by atoms with Crippen molar-refractivity contribution in [1.82, 2.24) is 15.2 Å². The van der Waals surface area contributed by atoms with Crippen molar-refractivity contribution in [3.05, 3.63) is 11.1 Å². The number of hydrogen-bond donors (Lipinski definition) is 1. The third kappa shape index (κ3) is 4.94. The molecule has 6 heteroatoms. The van der Waals surface area contributed by atoms with Crippen molar-refractivity contribution in [2.45, 2.75) is 61.1 Å². The van der Waals surface area contributed by atoms with Gasteiger partial charge in [-0.1, -0.05) is 11.8 Å².